The summed E-state index contributed by atoms with van der Waals surface area (Å²) in [6.45, 7) is 1.86. The Bertz CT molecular complexity index is 70.1. The molecule has 0 saturated carbocycles. The number of allylic oxidation sites excluding steroid dienone is 1. The zero-order valence-electron chi connectivity index (χ0n) is 5.66. The van der Waals surface area contributed by atoms with Crippen molar-refractivity contribution in [3.05, 3.63) is 11.6 Å². The fraction of sp³-hybridized carbons (Fsp3) is 0.667. The summed E-state index contributed by atoms with van der Waals surface area (Å²) in [6, 6.07) is 0. The van der Waals surface area contributed by atoms with E-state index in [2.05, 4.69) is 0 Å². The van der Waals surface area contributed by atoms with Crippen molar-refractivity contribution in [1.82, 2.24) is 0 Å². The minimum atomic E-state index is 0.122. The number of rotatable bonds is 2. The van der Waals surface area contributed by atoms with E-state index < -0.39 is 0 Å². The Kier molecular flexibility index (Phi) is 16.9. The van der Waals surface area contributed by atoms with E-state index in [-0.39, 0.29) is 5.38 Å². The lowest BCUT2D eigenvalue weighted by molar-refractivity contribution is 1.11. The van der Waals surface area contributed by atoms with Crippen LogP contribution < -0.4 is 0 Å². The van der Waals surface area contributed by atoms with Crippen molar-refractivity contribution >= 4 is 46.4 Å². The molecule has 0 spiro atoms. The van der Waals surface area contributed by atoms with Crippen molar-refractivity contribution < 1.29 is 0 Å². The van der Waals surface area contributed by atoms with Crippen LogP contribution in [-0.2, 0) is 0 Å². The average Bonchev–Trinajstić information content (AvgIpc) is 1.91. The van der Waals surface area contributed by atoms with Crippen molar-refractivity contribution in [2.24, 2.45) is 0 Å². The van der Waals surface area contributed by atoms with Gasteiger partial charge >= 0.3 is 0 Å². The van der Waals surface area contributed by atoms with Gasteiger partial charge < -0.3 is 0 Å². The average molecular weight is 224 g/mol. The topological polar surface area (TPSA) is 0 Å². The van der Waals surface area contributed by atoms with E-state index in [1.165, 1.54) is 5.54 Å². The third kappa shape index (κ3) is 23.1. The zero-order valence-corrected chi connectivity index (χ0v) is 8.68. The van der Waals surface area contributed by atoms with Gasteiger partial charge in [0.1, 0.15) is 0 Å². The van der Waals surface area contributed by atoms with Crippen LogP contribution in [0.3, 0.4) is 0 Å². The molecule has 0 amide bonds. The summed E-state index contributed by atoms with van der Waals surface area (Å²) in [5.74, 6) is 1.05. The van der Waals surface area contributed by atoms with E-state index in [0.717, 1.165) is 0 Å². The second-order valence-electron chi connectivity index (χ2n) is 1.45. The Labute approximate surface area is 82.1 Å². The molecule has 0 fully saturated rings. The van der Waals surface area contributed by atoms with Crippen LogP contribution in [0.1, 0.15) is 6.92 Å². The highest BCUT2D eigenvalue weighted by molar-refractivity contribution is 6.27. The fourth-order valence-corrected chi connectivity index (χ4v) is 0.303. The second kappa shape index (κ2) is 12.6. The van der Waals surface area contributed by atoms with E-state index in [1.807, 2.05) is 6.92 Å². The van der Waals surface area contributed by atoms with E-state index in [4.69, 9.17) is 46.4 Å². The molecule has 0 aliphatic carbocycles. The van der Waals surface area contributed by atoms with Crippen LogP contribution >= 0.6 is 46.4 Å². The maximum absolute atomic E-state index is 5.33. The first-order valence-electron chi connectivity index (χ1n) is 2.70. The first kappa shape index (κ1) is 13.5. The molecule has 0 rings (SSSR count). The van der Waals surface area contributed by atoms with E-state index in [9.17, 15) is 0 Å². The monoisotopic (exact) mass is 222 g/mol. The lowest BCUT2D eigenvalue weighted by Crippen LogP contribution is -1.87. The van der Waals surface area contributed by atoms with Crippen LogP contribution in [0.15, 0.2) is 11.6 Å². The highest BCUT2D eigenvalue weighted by Crippen LogP contribution is 1.93. The molecule has 0 saturated heterocycles. The molecule has 0 nitrogen and oxygen atoms in total. The lowest BCUT2D eigenvalue weighted by Gasteiger charge is -1.85. The molecular formula is C6H10Cl4. The molecule has 0 aromatic heterocycles. The van der Waals surface area contributed by atoms with Crippen LogP contribution in [0.4, 0.5) is 0 Å². The summed E-state index contributed by atoms with van der Waals surface area (Å²) in [4.78, 5) is 0. The summed E-state index contributed by atoms with van der Waals surface area (Å²) < 4.78 is 0. The first-order chi connectivity index (χ1) is 4.68. The number of hydrogen-bond acceptors (Lipinski definition) is 0. The van der Waals surface area contributed by atoms with Crippen LogP contribution in [-0.4, -0.2) is 17.1 Å². The molecule has 0 aliphatic heterocycles. The van der Waals surface area contributed by atoms with Crippen molar-refractivity contribution in [3.63, 3.8) is 0 Å². The smallest absolute Gasteiger partial charge is 0.0443 e. The fourth-order valence-electron chi connectivity index (χ4n) is 0.0337. The molecule has 0 aromatic carbocycles. The molecule has 0 heterocycles. The standard InChI is InChI=1S/C3H6Cl2.C3H4Cl2/c1-3(5)2-4;4-2-1-3-5/h3H,2H2,1H3;1-2H,3H2. The zero-order chi connectivity index (χ0) is 8.41. The van der Waals surface area contributed by atoms with Crippen LogP contribution in [0.2, 0.25) is 0 Å². The summed E-state index contributed by atoms with van der Waals surface area (Å²) in [5, 5.41) is 0.122. The summed E-state index contributed by atoms with van der Waals surface area (Å²) >= 11 is 20.7. The van der Waals surface area contributed by atoms with Crippen molar-refractivity contribution in [3.8, 4) is 0 Å². The Morgan fingerprint density at radius 1 is 1.40 bits per heavy atom. The highest BCUT2D eigenvalue weighted by atomic mass is 35.5. The van der Waals surface area contributed by atoms with Crippen molar-refractivity contribution in [1.29, 1.82) is 0 Å². The number of alkyl halides is 3. The predicted molar refractivity (Wildman–Crippen MR) is 51.7 cm³/mol. The largest absolute Gasteiger partial charge is 0.125 e. The second-order valence-corrected chi connectivity index (χ2v) is 3.07. The molecule has 0 bridgehead atoms. The lowest BCUT2D eigenvalue weighted by atomic mass is 10.6. The maximum Gasteiger partial charge on any atom is 0.0443 e. The maximum atomic E-state index is 5.33. The van der Waals surface area contributed by atoms with Gasteiger partial charge in [-0.3, -0.25) is 0 Å². The molecule has 1 atom stereocenters. The van der Waals surface area contributed by atoms with Gasteiger partial charge in [-0.15, -0.1) is 34.8 Å². The third-order valence-corrected chi connectivity index (χ3v) is 1.52. The minimum Gasteiger partial charge on any atom is -0.125 e. The number of halogens is 4. The molecule has 62 valence electrons. The molecular weight excluding hydrogens is 214 g/mol. The molecule has 1 unspecified atom stereocenters. The summed E-state index contributed by atoms with van der Waals surface area (Å²) in [7, 11) is 0. The molecule has 10 heavy (non-hydrogen) atoms. The van der Waals surface area contributed by atoms with Crippen molar-refractivity contribution in [2.45, 2.75) is 12.3 Å². The van der Waals surface area contributed by atoms with Gasteiger partial charge in [-0.1, -0.05) is 17.7 Å². The van der Waals surface area contributed by atoms with Gasteiger partial charge in [0.2, 0.25) is 0 Å². The Morgan fingerprint density at radius 3 is 1.80 bits per heavy atom. The van der Waals surface area contributed by atoms with Crippen LogP contribution in [0.25, 0.3) is 0 Å². The third-order valence-electron chi connectivity index (χ3n) is 0.391. The molecule has 0 radical (unpaired) electrons. The van der Waals surface area contributed by atoms with Gasteiger partial charge in [-0.25, -0.2) is 0 Å². The predicted octanol–water partition coefficient (Wildman–Crippen LogP) is 3.83. The minimum absolute atomic E-state index is 0.122. The SMILES string of the molecule is CC(Cl)CCl.ClC=CCCl. The normalized spacial score (nSPS) is 12.5. The van der Waals surface area contributed by atoms with Gasteiger partial charge in [0, 0.05) is 22.7 Å². The van der Waals surface area contributed by atoms with Gasteiger partial charge in [0.15, 0.2) is 0 Å². The van der Waals surface area contributed by atoms with Gasteiger partial charge in [-0.2, -0.15) is 0 Å². The molecule has 0 aromatic rings. The molecule has 0 aliphatic rings. The van der Waals surface area contributed by atoms with Crippen molar-refractivity contribution in [2.75, 3.05) is 11.8 Å². The van der Waals surface area contributed by atoms with Gasteiger partial charge in [0.25, 0.3) is 0 Å². The van der Waals surface area contributed by atoms with Gasteiger partial charge in [0.05, 0.1) is 0 Å². The Morgan fingerprint density at radius 2 is 1.80 bits per heavy atom. The van der Waals surface area contributed by atoms with E-state index >= 15 is 0 Å². The molecule has 4 heteroatoms. The summed E-state index contributed by atoms with van der Waals surface area (Å²) in [5.41, 5.74) is 1.40. The highest BCUT2D eigenvalue weighted by Gasteiger charge is 1.85. The summed E-state index contributed by atoms with van der Waals surface area (Å²) in [6.07, 6.45) is 1.66. The van der Waals surface area contributed by atoms with E-state index in [0.29, 0.717) is 11.8 Å². The quantitative estimate of drug-likeness (QED) is 0.625. The van der Waals surface area contributed by atoms with Crippen LogP contribution in [0.5, 0.6) is 0 Å². The van der Waals surface area contributed by atoms with Gasteiger partial charge in [-0.05, 0) is 6.92 Å². The molecule has 0 N–H and O–H groups in total. The van der Waals surface area contributed by atoms with Crippen LogP contribution in [0, 0.1) is 0 Å². The first-order valence-corrected chi connectivity index (χ1v) is 4.64. The van der Waals surface area contributed by atoms with E-state index in [1.54, 1.807) is 6.08 Å². The Balaban J connectivity index is 0. The number of hydrogen-bond donors (Lipinski definition) is 0. The Hall–Kier alpha value is 0.900.